The van der Waals surface area contributed by atoms with Crippen LogP contribution in [-0.4, -0.2) is 22.9 Å². The summed E-state index contributed by atoms with van der Waals surface area (Å²) >= 11 is 4.88. The molecule has 202 valence electrons. The minimum absolute atomic E-state index is 0.266. The lowest BCUT2D eigenvalue weighted by Gasteiger charge is -2.23. The summed E-state index contributed by atoms with van der Waals surface area (Å²) in [5.41, 5.74) is 15.7. The van der Waals surface area contributed by atoms with Gasteiger partial charge in [0.05, 0.1) is 16.8 Å². The van der Waals surface area contributed by atoms with Gasteiger partial charge in [-0.25, -0.2) is 9.78 Å². The van der Waals surface area contributed by atoms with Gasteiger partial charge in [0.1, 0.15) is 0 Å². The van der Waals surface area contributed by atoms with Gasteiger partial charge in [-0.15, -0.1) is 5.53 Å². The average Bonchev–Trinajstić information content (AvgIpc) is 3.37. The molecule has 11 heteroatoms. The molecule has 0 unspecified atom stereocenters. The number of hydrogen-bond donors (Lipinski definition) is 3. The predicted molar refractivity (Wildman–Crippen MR) is 162 cm³/mol. The largest absolute Gasteiger partial charge is 0.363 e. The third-order valence-corrected chi connectivity index (χ3v) is 7.98. The van der Waals surface area contributed by atoms with E-state index in [1.54, 1.807) is 29.2 Å². The molecule has 5 N–H and O–H groups in total. The van der Waals surface area contributed by atoms with Crippen molar-refractivity contribution in [1.29, 1.82) is 0 Å². The van der Waals surface area contributed by atoms with Crippen LogP contribution in [-0.2, 0) is 6.54 Å². The minimum atomic E-state index is -0.553. The first-order valence-electron chi connectivity index (χ1n) is 12.7. The zero-order valence-corrected chi connectivity index (χ0v) is 23.9. The van der Waals surface area contributed by atoms with Crippen molar-refractivity contribution in [2.24, 2.45) is 15.8 Å². The number of benzene rings is 3. The predicted octanol–water partition coefficient (Wildman–Crippen LogP) is 5.92. The van der Waals surface area contributed by atoms with Crippen molar-refractivity contribution in [3.63, 3.8) is 0 Å². The number of nitrogens with one attached hydrogen (secondary N) is 1. The Morgan fingerprint density at radius 2 is 1.85 bits per heavy atom. The smallest absolute Gasteiger partial charge is 0.328 e. The Balaban J connectivity index is 1.41. The SMILES string of the molecule is NC(N=[NH2+])=NC(=O)c1ccc(CN(C(=O)Nc2nc3cc(Br)ccc3s2)c2ccc(C3=CCCCC3)cc2)cc1. The first-order chi connectivity index (χ1) is 19.4. The Morgan fingerprint density at radius 1 is 1.07 bits per heavy atom. The second-order valence-corrected chi connectivity index (χ2v) is 11.2. The third-order valence-electron chi connectivity index (χ3n) is 6.54. The monoisotopic (exact) mass is 616 g/mol. The summed E-state index contributed by atoms with van der Waals surface area (Å²) in [5.74, 6) is -0.852. The highest BCUT2D eigenvalue weighted by molar-refractivity contribution is 9.10. The summed E-state index contributed by atoms with van der Waals surface area (Å²) in [5, 5.41) is 6.67. The fraction of sp³-hybridized carbons (Fsp3) is 0.172. The lowest BCUT2D eigenvalue weighted by atomic mass is 9.93. The second kappa shape index (κ2) is 12.3. The van der Waals surface area contributed by atoms with Gasteiger partial charge in [-0.2, -0.15) is 4.99 Å². The van der Waals surface area contributed by atoms with Crippen LogP contribution in [0.4, 0.5) is 15.6 Å². The molecule has 0 spiro atoms. The van der Waals surface area contributed by atoms with Crippen molar-refractivity contribution in [1.82, 2.24) is 4.98 Å². The average molecular weight is 618 g/mol. The number of fused-ring (bicyclic) bond motifs is 1. The van der Waals surface area contributed by atoms with Crippen molar-refractivity contribution >= 4 is 71.8 Å². The van der Waals surface area contributed by atoms with Gasteiger partial charge in [0.15, 0.2) is 5.13 Å². The molecule has 0 atom stereocenters. The number of nitrogens with two attached hydrogens (primary N) is 2. The quantitative estimate of drug-likeness (QED) is 0.140. The number of halogens is 1. The molecule has 0 aliphatic heterocycles. The van der Waals surface area contributed by atoms with Gasteiger partial charge in [0.2, 0.25) is 0 Å². The highest BCUT2D eigenvalue weighted by Crippen LogP contribution is 2.31. The molecule has 5 rings (SSSR count). The van der Waals surface area contributed by atoms with Crippen LogP contribution in [0.5, 0.6) is 0 Å². The third kappa shape index (κ3) is 6.49. The normalized spacial score (nSPS) is 13.5. The summed E-state index contributed by atoms with van der Waals surface area (Å²) in [4.78, 5) is 35.8. The lowest BCUT2D eigenvalue weighted by molar-refractivity contribution is -0.207. The number of hydrogen-bond acceptors (Lipinski definition) is 4. The van der Waals surface area contributed by atoms with E-state index < -0.39 is 5.91 Å². The summed E-state index contributed by atoms with van der Waals surface area (Å²) < 4.78 is 1.90. The van der Waals surface area contributed by atoms with E-state index in [2.05, 4.69) is 54.5 Å². The molecule has 4 aromatic rings. The number of allylic oxidation sites excluding steroid dienone is 2. The topological polar surface area (TPSA) is 139 Å². The first-order valence-corrected chi connectivity index (χ1v) is 14.3. The van der Waals surface area contributed by atoms with Gasteiger partial charge in [-0.3, -0.25) is 15.0 Å². The van der Waals surface area contributed by atoms with Crippen LogP contribution in [0.1, 0.15) is 47.2 Å². The van der Waals surface area contributed by atoms with E-state index in [0.717, 1.165) is 38.8 Å². The van der Waals surface area contributed by atoms with E-state index in [1.165, 1.54) is 35.3 Å². The standard InChI is InChI=1S/C29H26BrN7O2S/c30-22-12-15-25-24(16-22)33-28(40-25)35-29(39)37(23-13-10-20(11-14-23)19-4-2-1-3-5-19)17-18-6-8-21(9-7-18)26(38)34-27(31)36-32/h4,6-16,32H,1-3,5,17H2,(H2,31,34,38)(H,33,35,39)/p+1. The highest BCUT2D eigenvalue weighted by atomic mass is 79.9. The number of guanidine groups is 1. The molecule has 3 aromatic carbocycles. The molecular weight excluding hydrogens is 590 g/mol. The number of urea groups is 1. The summed E-state index contributed by atoms with van der Waals surface area (Å²) in [6.07, 6.45) is 6.89. The molecule has 1 heterocycles. The Labute approximate surface area is 243 Å². The van der Waals surface area contributed by atoms with E-state index in [-0.39, 0.29) is 18.5 Å². The molecule has 9 nitrogen and oxygen atoms in total. The Bertz CT molecular complexity index is 1630. The lowest BCUT2D eigenvalue weighted by Crippen LogP contribution is -2.34. The van der Waals surface area contributed by atoms with E-state index in [0.29, 0.717) is 10.7 Å². The van der Waals surface area contributed by atoms with Gasteiger partial charge in [-0.05, 0) is 84.8 Å². The number of thiazole rings is 1. The number of aliphatic imine (C=N–C) groups is 1. The van der Waals surface area contributed by atoms with E-state index in [9.17, 15) is 9.59 Å². The highest BCUT2D eigenvalue weighted by Gasteiger charge is 2.19. The fourth-order valence-electron chi connectivity index (χ4n) is 4.48. The zero-order valence-electron chi connectivity index (χ0n) is 21.5. The summed E-state index contributed by atoms with van der Waals surface area (Å²) in [6.45, 7) is 0.266. The number of nitrogens with zero attached hydrogens (tertiary/aromatic N) is 4. The molecule has 0 saturated carbocycles. The number of anilines is 2. The number of amides is 3. The van der Waals surface area contributed by atoms with Crippen LogP contribution in [0, 0.1) is 0 Å². The first kappa shape index (κ1) is 27.4. The molecule has 40 heavy (non-hydrogen) atoms. The molecule has 1 aliphatic carbocycles. The van der Waals surface area contributed by atoms with Crippen LogP contribution in [0.3, 0.4) is 0 Å². The van der Waals surface area contributed by atoms with Crippen molar-refractivity contribution < 1.29 is 15.1 Å². The van der Waals surface area contributed by atoms with Crippen LogP contribution < -0.4 is 21.5 Å². The van der Waals surface area contributed by atoms with Gasteiger partial charge in [0, 0.05) is 20.8 Å². The molecule has 0 fully saturated rings. The van der Waals surface area contributed by atoms with Crippen LogP contribution in [0.25, 0.3) is 15.8 Å². The minimum Gasteiger partial charge on any atom is -0.363 e. The van der Waals surface area contributed by atoms with E-state index in [1.807, 2.05) is 30.3 Å². The van der Waals surface area contributed by atoms with E-state index in [4.69, 9.17) is 11.3 Å². The Kier molecular flexibility index (Phi) is 8.42. The number of carbonyl (C=O) groups is 2. The van der Waals surface area contributed by atoms with Crippen molar-refractivity contribution in [3.05, 3.63) is 94.0 Å². The summed E-state index contributed by atoms with van der Waals surface area (Å²) in [7, 11) is 0. The fourth-order valence-corrected chi connectivity index (χ4v) is 5.67. The van der Waals surface area contributed by atoms with Gasteiger partial charge >= 0.3 is 6.03 Å². The Hall–Kier alpha value is -4.22. The van der Waals surface area contributed by atoms with Crippen molar-refractivity contribution in [2.75, 3.05) is 10.2 Å². The van der Waals surface area contributed by atoms with Crippen molar-refractivity contribution in [3.8, 4) is 0 Å². The van der Waals surface area contributed by atoms with Crippen LogP contribution in [0.15, 0.2) is 87.4 Å². The van der Waals surface area contributed by atoms with Gasteiger partial charge < -0.3 is 5.73 Å². The number of aromatic nitrogens is 1. The molecule has 1 aliphatic rings. The molecule has 0 radical (unpaired) electrons. The molecule has 0 bridgehead atoms. The molecule has 3 amide bonds. The van der Waals surface area contributed by atoms with Crippen molar-refractivity contribution in [2.45, 2.75) is 32.2 Å². The van der Waals surface area contributed by atoms with Crippen LogP contribution in [0.2, 0.25) is 0 Å². The maximum atomic E-state index is 13.6. The number of rotatable bonds is 6. The number of carbonyl (C=O) groups excluding carboxylic acids is 2. The zero-order chi connectivity index (χ0) is 28.1. The van der Waals surface area contributed by atoms with Crippen LogP contribution >= 0.6 is 27.3 Å². The van der Waals surface area contributed by atoms with E-state index >= 15 is 0 Å². The molecular formula is C29H27BrN7O2S+. The van der Waals surface area contributed by atoms with Gasteiger partial charge in [0.25, 0.3) is 11.9 Å². The molecule has 0 saturated heterocycles. The maximum Gasteiger partial charge on any atom is 0.328 e. The maximum absolute atomic E-state index is 13.6. The molecule has 1 aromatic heterocycles. The Morgan fingerprint density at radius 3 is 2.55 bits per heavy atom. The summed E-state index contributed by atoms with van der Waals surface area (Å²) in [6, 6.07) is 20.4. The second-order valence-electron chi connectivity index (χ2n) is 9.27. The van der Waals surface area contributed by atoms with Gasteiger partial charge in [-0.1, -0.05) is 57.6 Å².